The molecule has 112 valence electrons. The van der Waals surface area contributed by atoms with E-state index in [0.717, 1.165) is 36.5 Å². The molecule has 0 bridgehead atoms. The van der Waals surface area contributed by atoms with Gasteiger partial charge >= 0.3 is 0 Å². The maximum atomic E-state index is 12.0. The average molecular weight is 304 g/mol. The number of carbonyl (C=O) groups is 1. The van der Waals surface area contributed by atoms with Crippen molar-refractivity contribution in [2.45, 2.75) is 33.2 Å². The minimum Gasteiger partial charge on any atom is -0.494 e. The third kappa shape index (κ3) is 4.56. The maximum absolute atomic E-state index is 12.0. The van der Waals surface area contributed by atoms with Crippen LogP contribution in [0.4, 0.5) is 0 Å². The van der Waals surface area contributed by atoms with Crippen LogP contribution < -0.4 is 10.1 Å². The fourth-order valence-corrected chi connectivity index (χ4v) is 2.58. The van der Waals surface area contributed by atoms with Gasteiger partial charge in [0, 0.05) is 6.54 Å². The highest BCUT2D eigenvalue weighted by molar-refractivity contribution is 7.11. The van der Waals surface area contributed by atoms with Crippen LogP contribution in [0.2, 0.25) is 0 Å². The Hall–Kier alpha value is -1.88. The Morgan fingerprint density at radius 3 is 3.00 bits per heavy atom. The van der Waals surface area contributed by atoms with Crippen LogP contribution in [0.25, 0.3) is 0 Å². The van der Waals surface area contributed by atoms with Crippen LogP contribution in [-0.2, 0) is 6.54 Å². The number of benzene rings is 1. The first-order chi connectivity index (χ1) is 10.2. The van der Waals surface area contributed by atoms with Gasteiger partial charge in [-0.15, -0.1) is 11.3 Å². The average Bonchev–Trinajstić information content (AvgIpc) is 2.92. The number of carbonyl (C=O) groups excluding carboxylic acids is 1. The predicted molar refractivity (Wildman–Crippen MR) is 84.9 cm³/mol. The van der Waals surface area contributed by atoms with E-state index < -0.39 is 0 Å². The lowest BCUT2D eigenvalue weighted by atomic mass is 10.2. The van der Waals surface area contributed by atoms with Crippen molar-refractivity contribution in [2.75, 3.05) is 6.61 Å². The second-order valence-electron chi connectivity index (χ2n) is 4.80. The van der Waals surface area contributed by atoms with Crippen molar-refractivity contribution in [3.05, 3.63) is 45.9 Å². The van der Waals surface area contributed by atoms with Crippen molar-refractivity contribution >= 4 is 17.2 Å². The Bertz CT molecular complexity index is 595. The summed E-state index contributed by atoms with van der Waals surface area (Å²) < 4.78 is 5.66. The van der Waals surface area contributed by atoms with E-state index in [2.05, 4.69) is 17.2 Å². The zero-order chi connectivity index (χ0) is 15.1. The first kappa shape index (κ1) is 15.5. The Morgan fingerprint density at radius 1 is 1.43 bits per heavy atom. The Labute approximate surface area is 129 Å². The smallest absolute Gasteiger partial charge is 0.263 e. The number of nitrogens with one attached hydrogen (secondary N) is 1. The summed E-state index contributed by atoms with van der Waals surface area (Å²) in [5, 5.41) is 2.91. The third-order valence-corrected chi connectivity index (χ3v) is 4.00. The van der Waals surface area contributed by atoms with Gasteiger partial charge in [0.05, 0.1) is 17.8 Å². The number of thiazole rings is 1. The molecule has 1 N–H and O–H groups in total. The molecule has 0 aliphatic carbocycles. The second kappa shape index (κ2) is 7.78. The van der Waals surface area contributed by atoms with Crippen molar-refractivity contribution in [3.8, 4) is 5.75 Å². The number of unbranched alkanes of at least 4 members (excludes halogenated alkanes) is 1. The fraction of sp³-hybridized carbons (Fsp3) is 0.375. The van der Waals surface area contributed by atoms with Crippen LogP contribution in [0, 0.1) is 6.92 Å². The van der Waals surface area contributed by atoms with Crippen molar-refractivity contribution in [1.29, 1.82) is 0 Å². The molecule has 0 saturated carbocycles. The van der Waals surface area contributed by atoms with Gasteiger partial charge in [-0.1, -0.05) is 25.5 Å². The van der Waals surface area contributed by atoms with E-state index in [-0.39, 0.29) is 5.91 Å². The van der Waals surface area contributed by atoms with Crippen LogP contribution >= 0.6 is 11.3 Å². The molecule has 2 aromatic rings. The van der Waals surface area contributed by atoms with Crippen molar-refractivity contribution in [2.24, 2.45) is 0 Å². The standard InChI is InChI=1S/C16H20N2O2S/c1-3-4-8-20-14-7-5-6-13(9-14)10-17-16(19)15-12(2)18-11-21-15/h5-7,9,11H,3-4,8,10H2,1-2H3,(H,17,19). The lowest BCUT2D eigenvalue weighted by Gasteiger charge is -2.08. The summed E-state index contributed by atoms with van der Waals surface area (Å²) in [7, 11) is 0. The summed E-state index contributed by atoms with van der Waals surface area (Å²) >= 11 is 1.36. The molecule has 1 aromatic heterocycles. The van der Waals surface area contributed by atoms with Crippen LogP contribution in [0.15, 0.2) is 29.8 Å². The molecule has 0 aliphatic rings. The van der Waals surface area contributed by atoms with Gasteiger partial charge in [-0.25, -0.2) is 4.98 Å². The van der Waals surface area contributed by atoms with Crippen molar-refractivity contribution in [1.82, 2.24) is 10.3 Å². The van der Waals surface area contributed by atoms with Gasteiger partial charge in [0.1, 0.15) is 10.6 Å². The van der Waals surface area contributed by atoms with Crippen LogP contribution in [0.3, 0.4) is 0 Å². The molecular weight excluding hydrogens is 284 g/mol. The molecule has 0 atom stereocenters. The quantitative estimate of drug-likeness (QED) is 0.796. The van der Waals surface area contributed by atoms with E-state index in [1.807, 2.05) is 31.2 Å². The summed E-state index contributed by atoms with van der Waals surface area (Å²) in [6, 6.07) is 7.83. The van der Waals surface area contributed by atoms with Crippen LogP contribution in [-0.4, -0.2) is 17.5 Å². The molecule has 4 nitrogen and oxygen atoms in total. The lowest BCUT2D eigenvalue weighted by molar-refractivity contribution is 0.0954. The number of nitrogens with zero attached hydrogens (tertiary/aromatic N) is 1. The van der Waals surface area contributed by atoms with Gasteiger partial charge in [-0.2, -0.15) is 0 Å². The normalized spacial score (nSPS) is 10.4. The zero-order valence-electron chi connectivity index (χ0n) is 12.4. The summed E-state index contributed by atoms with van der Waals surface area (Å²) in [4.78, 5) is 16.8. The van der Waals surface area contributed by atoms with E-state index in [0.29, 0.717) is 11.4 Å². The van der Waals surface area contributed by atoms with E-state index in [1.54, 1.807) is 5.51 Å². The Kier molecular flexibility index (Phi) is 5.75. The number of hydrogen-bond donors (Lipinski definition) is 1. The molecule has 21 heavy (non-hydrogen) atoms. The molecule has 5 heteroatoms. The SMILES string of the molecule is CCCCOc1cccc(CNC(=O)c2scnc2C)c1. The molecule has 1 aromatic carbocycles. The first-order valence-corrected chi connectivity index (χ1v) is 7.98. The zero-order valence-corrected chi connectivity index (χ0v) is 13.2. The van der Waals surface area contributed by atoms with E-state index >= 15 is 0 Å². The number of amides is 1. The lowest BCUT2D eigenvalue weighted by Crippen LogP contribution is -2.22. The van der Waals surface area contributed by atoms with Crippen molar-refractivity contribution in [3.63, 3.8) is 0 Å². The van der Waals surface area contributed by atoms with Gasteiger partial charge in [0.25, 0.3) is 5.91 Å². The largest absolute Gasteiger partial charge is 0.494 e. The van der Waals surface area contributed by atoms with Gasteiger partial charge in [0.15, 0.2) is 0 Å². The highest BCUT2D eigenvalue weighted by Gasteiger charge is 2.11. The third-order valence-electron chi connectivity index (χ3n) is 3.07. The van der Waals surface area contributed by atoms with Crippen molar-refractivity contribution < 1.29 is 9.53 Å². The topological polar surface area (TPSA) is 51.2 Å². The molecule has 1 amide bonds. The number of aromatic nitrogens is 1. The molecule has 0 radical (unpaired) electrons. The number of ether oxygens (including phenoxy) is 1. The number of hydrogen-bond acceptors (Lipinski definition) is 4. The monoisotopic (exact) mass is 304 g/mol. The second-order valence-corrected chi connectivity index (χ2v) is 5.65. The van der Waals surface area contributed by atoms with E-state index in [9.17, 15) is 4.79 Å². The fourth-order valence-electron chi connectivity index (χ4n) is 1.86. The van der Waals surface area contributed by atoms with Gasteiger partial charge < -0.3 is 10.1 Å². The molecule has 2 rings (SSSR count). The van der Waals surface area contributed by atoms with Crippen LogP contribution in [0.5, 0.6) is 5.75 Å². The summed E-state index contributed by atoms with van der Waals surface area (Å²) in [5.41, 5.74) is 3.49. The predicted octanol–water partition coefficient (Wildman–Crippen LogP) is 3.56. The molecule has 0 spiro atoms. The maximum Gasteiger partial charge on any atom is 0.263 e. The molecular formula is C16H20N2O2S. The van der Waals surface area contributed by atoms with Gasteiger partial charge in [-0.05, 0) is 31.0 Å². The Morgan fingerprint density at radius 2 is 2.29 bits per heavy atom. The van der Waals surface area contributed by atoms with Crippen LogP contribution in [0.1, 0.15) is 40.7 Å². The highest BCUT2D eigenvalue weighted by Crippen LogP contribution is 2.15. The molecule has 0 saturated heterocycles. The summed E-state index contributed by atoms with van der Waals surface area (Å²) in [5.74, 6) is 0.775. The summed E-state index contributed by atoms with van der Waals surface area (Å²) in [6.45, 7) is 5.19. The summed E-state index contributed by atoms with van der Waals surface area (Å²) in [6.07, 6.45) is 2.16. The molecule has 0 aliphatic heterocycles. The molecule has 0 fully saturated rings. The first-order valence-electron chi connectivity index (χ1n) is 7.10. The van der Waals surface area contributed by atoms with Gasteiger partial charge in [0.2, 0.25) is 0 Å². The molecule has 1 heterocycles. The van der Waals surface area contributed by atoms with Gasteiger partial charge in [-0.3, -0.25) is 4.79 Å². The van der Waals surface area contributed by atoms with E-state index in [4.69, 9.17) is 4.74 Å². The highest BCUT2D eigenvalue weighted by atomic mass is 32.1. The minimum absolute atomic E-state index is 0.0766. The minimum atomic E-state index is -0.0766. The molecule has 0 unspecified atom stereocenters. The number of rotatable bonds is 7. The van der Waals surface area contributed by atoms with E-state index in [1.165, 1.54) is 11.3 Å². The Balaban J connectivity index is 1.89. The number of aryl methyl sites for hydroxylation is 1.